The molecule has 6 heteroatoms. The van der Waals surface area contributed by atoms with Crippen LogP contribution < -0.4 is 0 Å². The second-order valence-corrected chi connectivity index (χ2v) is 14.1. The number of aliphatic imine (C=N–C) groups is 1. The third kappa shape index (κ3) is 27.3. The van der Waals surface area contributed by atoms with Crippen molar-refractivity contribution in [2.45, 2.75) is 218 Å². The molecule has 264 valence electrons. The summed E-state index contributed by atoms with van der Waals surface area (Å²) in [6.07, 6.45) is 39.2. The van der Waals surface area contributed by atoms with Crippen LogP contribution in [0.2, 0.25) is 0 Å². The molecule has 1 unspecified atom stereocenters. The lowest BCUT2D eigenvalue weighted by molar-refractivity contribution is -0.138. The van der Waals surface area contributed by atoms with Gasteiger partial charge in [0.1, 0.15) is 0 Å². The molecule has 0 fully saturated rings. The molecule has 6 nitrogen and oxygen atoms in total. The number of amidine groups is 1. The van der Waals surface area contributed by atoms with E-state index in [4.69, 9.17) is 15.2 Å². The number of hydrogen-bond acceptors (Lipinski definition) is 4. The van der Waals surface area contributed by atoms with E-state index in [2.05, 4.69) is 11.8 Å². The fraction of sp³-hybridized carbons (Fsp3) is 0.923. The van der Waals surface area contributed by atoms with Gasteiger partial charge in [-0.05, 0) is 32.6 Å². The second kappa shape index (κ2) is 31.0. The zero-order valence-electron chi connectivity index (χ0n) is 29.7. The van der Waals surface area contributed by atoms with Gasteiger partial charge in [0.2, 0.25) is 0 Å². The van der Waals surface area contributed by atoms with Gasteiger partial charge in [-0.15, -0.1) is 0 Å². The minimum absolute atomic E-state index is 0.332. The first kappa shape index (κ1) is 41.4. The van der Waals surface area contributed by atoms with Crippen molar-refractivity contribution in [3.63, 3.8) is 0 Å². The van der Waals surface area contributed by atoms with Gasteiger partial charge in [0.15, 0.2) is 0 Å². The summed E-state index contributed by atoms with van der Waals surface area (Å²) in [6.45, 7) is 4.54. The van der Waals surface area contributed by atoms with Crippen LogP contribution in [-0.2, 0) is 9.59 Å². The topological polar surface area (TPSA) is 90.2 Å². The number of hydrogen-bond donors (Lipinski definition) is 2. The Morgan fingerprint density at radius 3 is 1.13 bits per heavy atom. The van der Waals surface area contributed by atoms with Gasteiger partial charge in [-0.2, -0.15) is 0 Å². The number of carboxylic acids is 2. The molecule has 0 bridgehead atoms. The molecule has 0 amide bonds. The molecular formula is C39H74N2O4. The van der Waals surface area contributed by atoms with Crippen LogP contribution in [0.4, 0.5) is 0 Å². The van der Waals surface area contributed by atoms with Crippen molar-refractivity contribution < 1.29 is 19.8 Å². The van der Waals surface area contributed by atoms with E-state index < -0.39 is 11.9 Å². The number of unbranched alkanes of at least 4 members (excludes halogenated alkanes) is 27. The monoisotopic (exact) mass is 635 g/mol. The Bertz CT molecular complexity index is 726. The lowest BCUT2D eigenvalue weighted by atomic mass is 10.0. The Morgan fingerprint density at radius 1 is 0.511 bits per heavy atom. The van der Waals surface area contributed by atoms with Crippen molar-refractivity contribution in [1.29, 1.82) is 0 Å². The SMILES string of the molecule is CC1CN=C(CCCCCCCCCCCCCCCCC(=O)O)N1CCCCCCCCCCCCCCCCCC(=O)O. The summed E-state index contributed by atoms with van der Waals surface area (Å²) in [6, 6.07) is 0.592. The molecule has 0 radical (unpaired) electrons. The molecule has 2 N–H and O–H groups in total. The maximum Gasteiger partial charge on any atom is 0.303 e. The minimum Gasteiger partial charge on any atom is -0.481 e. The van der Waals surface area contributed by atoms with E-state index >= 15 is 0 Å². The molecule has 0 aromatic heterocycles. The molecule has 1 heterocycles. The van der Waals surface area contributed by atoms with Gasteiger partial charge in [-0.25, -0.2) is 0 Å². The maximum absolute atomic E-state index is 10.5. The molecular weight excluding hydrogens is 560 g/mol. The minimum atomic E-state index is -0.659. The summed E-state index contributed by atoms with van der Waals surface area (Å²) < 4.78 is 0. The quantitative estimate of drug-likeness (QED) is 0.0677. The van der Waals surface area contributed by atoms with Crippen molar-refractivity contribution in [2.75, 3.05) is 13.1 Å². The molecule has 0 aromatic rings. The van der Waals surface area contributed by atoms with Gasteiger partial charge < -0.3 is 15.1 Å². The third-order valence-electron chi connectivity index (χ3n) is 9.73. The van der Waals surface area contributed by atoms with Gasteiger partial charge in [-0.3, -0.25) is 14.6 Å². The van der Waals surface area contributed by atoms with Crippen LogP contribution in [0.5, 0.6) is 0 Å². The summed E-state index contributed by atoms with van der Waals surface area (Å²) in [4.78, 5) is 28.6. The summed E-state index contributed by atoms with van der Waals surface area (Å²) in [5.74, 6) is 0.0743. The standard InChI is InChI=1S/C39H74N2O4/c1-36-35-40-37(31-27-23-19-15-11-7-4-5-9-13-17-21-25-29-33-39(44)45)41(36)34-30-26-22-18-14-10-6-2-3-8-12-16-20-24-28-32-38(42)43/h36H,2-35H2,1H3,(H,42,43)(H,44,45). The Morgan fingerprint density at radius 2 is 0.800 bits per heavy atom. The Balaban J connectivity index is 1.84. The van der Waals surface area contributed by atoms with Crippen LogP contribution in [-0.4, -0.2) is 52.0 Å². The van der Waals surface area contributed by atoms with Crippen molar-refractivity contribution in [3.05, 3.63) is 0 Å². The molecule has 0 saturated carbocycles. The van der Waals surface area contributed by atoms with Crippen LogP contribution >= 0.6 is 0 Å². The number of rotatable bonds is 35. The zero-order valence-corrected chi connectivity index (χ0v) is 29.7. The fourth-order valence-electron chi connectivity index (χ4n) is 6.79. The second-order valence-electron chi connectivity index (χ2n) is 14.1. The first-order valence-electron chi connectivity index (χ1n) is 19.7. The third-order valence-corrected chi connectivity index (χ3v) is 9.73. The number of carbonyl (C=O) groups is 2. The lowest BCUT2D eigenvalue weighted by Crippen LogP contribution is -2.35. The number of carboxylic acid groups (broad SMARTS) is 2. The van der Waals surface area contributed by atoms with E-state index in [0.29, 0.717) is 18.9 Å². The average Bonchev–Trinajstić information content (AvgIpc) is 3.36. The molecule has 1 atom stereocenters. The fourth-order valence-corrected chi connectivity index (χ4v) is 6.79. The average molecular weight is 635 g/mol. The summed E-state index contributed by atoms with van der Waals surface area (Å²) in [5.41, 5.74) is 0. The van der Waals surface area contributed by atoms with Crippen molar-refractivity contribution in [1.82, 2.24) is 4.90 Å². The van der Waals surface area contributed by atoms with Crippen LogP contribution in [0, 0.1) is 0 Å². The van der Waals surface area contributed by atoms with Gasteiger partial charge in [0.05, 0.1) is 12.4 Å². The Hall–Kier alpha value is -1.59. The van der Waals surface area contributed by atoms with Crippen molar-refractivity contribution in [2.24, 2.45) is 4.99 Å². The first-order chi connectivity index (χ1) is 22.0. The first-order valence-corrected chi connectivity index (χ1v) is 19.7. The largest absolute Gasteiger partial charge is 0.481 e. The molecule has 0 saturated heterocycles. The van der Waals surface area contributed by atoms with Gasteiger partial charge >= 0.3 is 11.9 Å². The van der Waals surface area contributed by atoms with E-state index in [1.54, 1.807) is 0 Å². The highest BCUT2D eigenvalue weighted by Crippen LogP contribution is 2.19. The van der Waals surface area contributed by atoms with Crippen LogP contribution in [0.3, 0.4) is 0 Å². The Labute approximate surface area is 278 Å². The van der Waals surface area contributed by atoms with Gasteiger partial charge in [0, 0.05) is 31.8 Å². The Kier molecular flexibility index (Phi) is 28.6. The molecule has 1 aliphatic heterocycles. The summed E-state index contributed by atoms with van der Waals surface area (Å²) in [5, 5.41) is 17.3. The molecule has 0 aliphatic carbocycles. The highest BCUT2D eigenvalue weighted by Gasteiger charge is 2.22. The van der Waals surface area contributed by atoms with Crippen LogP contribution in [0.1, 0.15) is 212 Å². The smallest absolute Gasteiger partial charge is 0.303 e. The summed E-state index contributed by atoms with van der Waals surface area (Å²) in [7, 11) is 0. The van der Waals surface area contributed by atoms with E-state index in [1.807, 2.05) is 0 Å². The molecule has 1 aliphatic rings. The van der Waals surface area contributed by atoms with Crippen molar-refractivity contribution >= 4 is 17.8 Å². The van der Waals surface area contributed by atoms with E-state index in [0.717, 1.165) is 32.2 Å². The molecule has 1 rings (SSSR count). The molecule has 0 spiro atoms. The number of aliphatic carboxylic acids is 2. The highest BCUT2D eigenvalue weighted by atomic mass is 16.4. The van der Waals surface area contributed by atoms with Gasteiger partial charge in [-0.1, -0.05) is 161 Å². The van der Waals surface area contributed by atoms with Crippen LogP contribution in [0.25, 0.3) is 0 Å². The molecule has 0 aromatic carbocycles. The number of nitrogens with zero attached hydrogens (tertiary/aromatic N) is 2. The van der Waals surface area contributed by atoms with Gasteiger partial charge in [0.25, 0.3) is 0 Å². The van der Waals surface area contributed by atoms with E-state index in [9.17, 15) is 9.59 Å². The predicted octanol–water partition coefficient (Wildman–Crippen LogP) is 11.7. The maximum atomic E-state index is 10.5. The van der Waals surface area contributed by atoms with E-state index in [1.165, 1.54) is 179 Å². The normalized spacial score (nSPS) is 14.7. The van der Waals surface area contributed by atoms with Crippen LogP contribution in [0.15, 0.2) is 4.99 Å². The van der Waals surface area contributed by atoms with E-state index in [-0.39, 0.29) is 0 Å². The predicted molar refractivity (Wildman–Crippen MR) is 191 cm³/mol. The molecule has 45 heavy (non-hydrogen) atoms. The highest BCUT2D eigenvalue weighted by molar-refractivity contribution is 5.84. The summed E-state index contributed by atoms with van der Waals surface area (Å²) >= 11 is 0. The lowest BCUT2D eigenvalue weighted by Gasteiger charge is -2.25. The van der Waals surface area contributed by atoms with Crippen molar-refractivity contribution in [3.8, 4) is 0 Å². The zero-order chi connectivity index (χ0) is 32.6.